The Bertz CT molecular complexity index is 1390. The lowest BCUT2D eigenvalue weighted by Gasteiger charge is -2.36. The lowest BCUT2D eigenvalue weighted by atomic mass is 9.92. The summed E-state index contributed by atoms with van der Waals surface area (Å²) < 4.78 is 17.7. The molecule has 5 N–H and O–H groups in total. The van der Waals surface area contributed by atoms with Crippen LogP contribution in [0.5, 0.6) is 11.5 Å². The van der Waals surface area contributed by atoms with Gasteiger partial charge in [0.2, 0.25) is 11.8 Å². The molecular weight excluding hydrogens is 464 g/mol. The maximum absolute atomic E-state index is 10.2. The van der Waals surface area contributed by atoms with Crippen molar-refractivity contribution in [3.05, 3.63) is 47.2 Å². The highest BCUT2D eigenvalue weighted by Crippen LogP contribution is 2.37. The van der Waals surface area contributed by atoms with Gasteiger partial charge in [0, 0.05) is 25.8 Å². The zero-order chi connectivity index (χ0) is 25.2. The van der Waals surface area contributed by atoms with Crippen LogP contribution >= 0.6 is 0 Å². The molecule has 0 fully saturated rings. The predicted molar refractivity (Wildman–Crippen MR) is 134 cm³/mol. The molecule has 0 amide bonds. The summed E-state index contributed by atoms with van der Waals surface area (Å²) in [4.78, 5) is 11.1. The van der Waals surface area contributed by atoms with Crippen molar-refractivity contribution >= 4 is 23.6 Å². The molecule has 12 heteroatoms. The zero-order valence-corrected chi connectivity index (χ0v) is 20.1. The molecule has 5 rings (SSSR count). The van der Waals surface area contributed by atoms with Crippen LogP contribution in [0.25, 0.3) is 17.2 Å². The van der Waals surface area contributed by atoms with E-state index in [9.17, 15) is 5.11 Å². The van der Waals surface area contributed by atoms with Crippen molar-refractivity contribution in [3.63, 3.8) is 0 Å². The van der Waals surface area contributed by atoms with Gasteiger partial charge in [-0.25, -0.2) is 4.98 Å². The van der Waals surface area contributed by atoms with Crippen molar-refractivity contribution in [1.29, 1.82) is 5.41 Å². The molecule has 12 nitrogen and oxygen atoms in total. The molecule has 4 heterocycles. The van der Waals surface area contributed by atoms with Crippen LogP contribution in [0.1, 0.15) is 22.7 Å². The highest BCUT2D eigenvalue weighted by Gasteiger charge is 2.28. The highest BCUT2D eigenvalue weighted by molar-refractivity contribution is 5.93. The van der Waals surface area contributed by atoms with Gasteiger partial charge in [-0.15, -0.1) is 5.10 Å². The number of rotatable bonds is 9. The van der Waals surface area contributed by atoms with Crippen molar-refractivity contribution < 1.29 is 19.0 Å². The number of aliphatic hydroxyl groups is 1. The summed E-state index contributed by atoms with van der Waals surface area (Å²) in [5.41, 5.74) is 9.19. The molecule has 36 heavy (non-hydrogen) atoms. The van der Waals surface area contributed by atoms with E-state index >= 15 is 0 Å². The molecule has 0 radical (unpaired) electrons. The van der Waals surface area contributed by atoms with Gasteiger partial charge in [-0.1, -0.05) is 0 Å². The summed E-state index contributed by atoms with van der Waals surface area (Å²) in [6.07, 6.45) is 3.54. The van der Waals surface area contributed by atoms with E-state index in [2.05, 4.69) is 25.3 Å². The number of nitrogens with zero attached hydrogens (tertiary/aromatic N) is 5. The van der Waals surface area contributed by atoms with Crippen molar-refractivity contribution in [3.8, 4) is 23.1 Å². The van der Waals surface area contributed by atoms with E-state index in [1.165, 1.54) is 10.7 Å². The maximum atomic E-state index is 10.2. The highest BCUT2D eigenvalue weighted by atomic mass is 16.5. The second-order valence-electron chi connectivity index (χ2n) is 8.34. The van der Waals surface area contributed by atoms with Gasteiger partial charge in [0.05, 0.1) is 38.7 Å². The van der Waals surface area contributed by atoms with Gasteiger partial charge in [-0.05, 0) is 41.8 Å². The maximum Gasteiger partial charge on any atom is 0.225 e. The molecule has 3 aromatic heterocycles. The van der Waals surface area contributed by atoms with Gasteiger partial charge < -0.3 is 35.5 Å². The molecule has 1 atom stereocenters. The summed E-state index contributed by atoms with van der Waals surface area (Å²) >= 11 is 0. The third-order valence-corrected chi connectivity index (χ3v) is 6.41. The Morgan fingerprint density at radius 1 is 1.28 bits per heavy atom. The first-order valence-electron chi connectivity index (χ1n) is 11.5. The Balaban J connectivity index is 1.35. The number of anilines is 2. The number of nitrogens with one attached hydrogen (secondary N) is 2. The van der Waals surface area contributed by atoms with Crippen molar-refractivity contribution in [2.24, 2.45) is 0 Å². The number of hydrogen-bond acceptors (Lipinski definition) is 11. The Labute approximate surface area is 207 Å². The number of methoxy groups -OCH3 is 2. The van der Waals surface area contributed by atoms with Crippen LogP contribution in [0, 0.1) is 5.41 Å². The van der Waals surface area contributed by atoms with Crippen LogP contribution in [0.2, 0.25) is 0 Å². The van der Waals surface area contributed by atoms with E-state index in [1.54, 1.807) is 32.6 Å². The average Bonchev–Trinajstić information content (AvgIpc) is 3.58. The number of fused-ring (bicyclic) bond motifs is 2. The molecule has 0 saturated heterocycles. The third-order valence-electron chi connectivity index (χ3n) is 6.41. The number of hydrogen-bond donors (Lipinski definition) is 4. The molecule has 188 valence electrons. The fraction of sp³-hybridized carbons (Fsp3) is 0.333. The summed E-state index contributed by atoms with van der Waals surface area (Å²) in [6, 6.07) is 7.26. The first kappa shape index (κ1) is 23.6. The normalized spacial score (nSPS) is 15.6. The lowest BCUT2D eigenvalue weighted by Crippen LogP contribution is -2.40. The zero-order valence-electron chi connectivity index (χ0n) is 20.1. The minimum Gasteiger partial charge on any atom is -0.493 e. The Hall–Kier alpha value is -4.16. The number of nitrogens with two attached hydrogens (primary N) is 1. The number of aromatic nitrogens is 4. The molecular formula is C24H28N8O4. The van der Waals surface area contributed by atoms with Gasteiger partial charge in [0.1, 0.15) is 5.82 Å². The molecule has 0 spiro atoms. The van der Waals surface area contributed by atoms with Crippen molar-refractivity contribution in [2.45, 2.75) is 12.5 Å². The SMILES string of the molecule is COc1cc2c(cc1OC)C(CO)N(CCNc1nc(N)n3nc(-c4ccco4)nc3c1C=N)CC2. The van der Waals surface area contributed by atoms with E-state index in [0.717, 1.165) is 24.1 Å². The van der Waals surface area contributed by atoms with E-state index in [0.29, 0.717) is 53.2 Å². The van der Waals surface area contributed by atoms with Crippen LogP contribution in [-0.4, -0.2) is 76.3 Å². The Morgan fingerprint density at radius 2 is 2.08 bits per heavy atom. The number of benzene rings is 1. The predicted octanol–water partition coefficient (Wildman–Crippen LogP) is 1.98. The topological polar surface area (TPSA) is 160 Å². The van der Waals surface area contributed by atoms with Crippen LogP contribution in [0.15, 0.2) is 34.9 Å². The molecule has 1 aliphatic heterocycles. The smallest absolute Gasteiger partial charge is 0.225 e. The number of nitrogen functional groups attached to an aromatic ring is 1. The second-order valence-corrected chi connectivity index (χ2v) is 8.34. The largest absolute Gasteiger partial charge is 0.493 e. The van der Waals surface area contributed by atoms with Gasteiger partial charge in [-0.3, -0.25) is 4.90 Å². The van der Waals surface area contributed by atoms with Gasteiger partial charge in [-0.2, -0.15) is 9.50 Å². The molecule has 0 bridgehead atoms. The number of ether oxygens (including phenoxy) is 2. The molecule has 0 aliphatic carbocycles. The second kappa shape index (κ2) is 9.84. The van der Waals surface area contributed by atoms with Gasteiger partial charge in [0.15, 0.2) is 22.9 Å². The lowest BCUT2D eigenvalue weighted by molar-refractivity contribution is 0.118. The monoisotopic (exact) mass is 492 g/mol. The van der Waals surface area contributed by atoms with E-state index in [4.69, 9.17) is 25.0 Å². The van der Waals surface area contributed by atoms with Crippen molar-refractivity contribution in [1.82, 2.24) is 24.5 Å². The summed E-state index contributed by atoms with van der Waals surface area (Å²) in [5, 5.41) is 25.8. The molecule has 1 unspecified atom stereocenters. The fourth-order valence-corrected chi connectivity index (χ4v) is 4.63. The van der Waals surface area contributed by atoms with Crippen LogP contribution in [0.3, 0.4) is 0 Å². The van der Waals surface area contributed by atoms with E-state index in [1.807, 2.05) is 12.1 Å². The molecule has 1 aromatic carbocycles. The number of aliphatic hydroxyl groups excluding tert-OH is 1. The quantitative estimate of drug-likeness (QED) is 0.254. The first-order chi connectivity index (χ1) is 17.6. The van der Waals surface area contributed by atoms with E-state index < -0.39 is 0 Å². The van der Waals surface area contributed by atoms with Crippen LogP contribution < -0.4 is 20.5 Å². The summed E-state index contributed by atoms with van der Waals surface area (Å²) in [6.45, 7) is 1.90. The van der Waals surface area contributed by atoms with Crippen LogP contribution in [-0.2, 0) is 6.42 Å². The summed E-state index contributed by atoms with van der Waals surface area (Å²) in [7, 11) is 3.22. The third kappa shape index (κ3) is 4.10. The number of furan rings is 1. The molecule has 4 aromatic rings. The Kier molecular flexibility index (Phi) is 6.44. The Morgan fingerprint density at radius 3 is 2.78 bits per heavy atom. The minimum atomic E-state index is -0.176. The van der Waals surface area contributed by atoms with Gasteiger partial charge >= 0.3 is 0 Å². The van der Waals surface area contributed by atoms with Gasteiger partial charge in [0.25, 0.3) is 0 Å². The molecule has 1 aliphatic rings. The van der Waals surface area contributed by atoms with E-state index in [-0.39, 0.29) is 18.6 Å². The fourth-order valence-electron chi connectivity index (χ4n) is 4.63. The first-order valence-corrected chi connectivity index (χ1v) is 11.5. The summed E-state index contributed by atoms with van der Waals surface area (Å²) in [5.74, 6) is 2.77. The standard InChI is InChI=1S/C24H28N8O4/c1-34-19-10-14-5-7-31(17(13-33)15(14)11-20(19)35-2)8-6-27-21-16(12-25)23-28-22(18-4-3-9-36-18)30-32(23)24(26)29-21/h3-4,9-12,17,25,27,33H,5-8,13H2,1-2H3,(H2,26,29). The van der Waals surface area contributed by atoms with Crippen molar-refractivity contribution in [2.75, 3.05) is 51.5 Å². The minimum absolute atomic E-state index is 0.0271. The van der Waals surface area contributed by atoms with Crippen LogP contribution in [0.4, 0.5) is 11.8 Å². The average molecular weight is 493 g/mol. The molecule has 0 saturated carbocycles.